The third-order valence-corrected chi connectivity index (χ3v) is 14.2. The first-order valence-electron chi connectivity index (χ1n) is 23.3. The van der Waals surface area contributed by atoms with Crippen molar-refractivity contribution in [3.8, 4) is 5.82 Å². The zero-order valence-corrected chi connectivity index (χ0v) is 37.4. The van der Waals surface area contributed by atoms with Crippen LogP contribution in [0.1, 0.15) is 68.3 Å². The van der Waals surface area contributed by atoms with E-state index in [2.05, 4.69) is 46.2 Å². The number of imide groups is 1. The molecule has 3 aliphatic heterocycles. The summed E-state index contributed by atoms with van der Waals surface area (Å²) in [5.41, 5.74) is 4.89. The van der Waals surface area contributed by atoms with Gasteiger partial charge in [-0.25, -0.2) is 24.5 Å². The van der Waals surface area contributed by atoms with Crippen LogP contribution in [0.15, 0.2) is 82.4 Å². The molecule has 1 unspecified atom stereocenters. The number of hydrogen-bond acceptors (Lipinski definition) is 14. The van der Waals surface area contributed by atoms with E-state index in [1.807, 2.05) is 49.4 Å². The predicted octanol–water partition coefficient (Wildman–Crippen LogP) is 5.54. The summed E-state index contributed by atoms with van der Waals surface area (Å²) in [7, 11) is 0. The van der Waals surface area contributed by atoms with Gasteiger partial charge in [0, 0.05) is 99.1 Å². The average molecular weight is 928 g/mol. The molecular weight excluding hydrogens is 877 g/mol. The maximum Gasteiger partial charge on any atom is 0.278 e. The van der Waals surface area contributed by atoms with Gasteiger partial charge in [0.15, 0.2) is 17.0 Å². The highest BCUT2D eigenvalue weighted by molar-refractivity contribution is 6.13. The summed E-state index contributed by atoms with van der Waals surface area (Å²) >= 11 is 0. The van der Waals surface area contributed by atoms with E-state index in [9.17, 15) is 28.3 Å². The summed E-state index contributed by atoms with van der Waals surface area (Å²) in [4.78, 5) is 61.4. The Morgan fingerprint density at radius 2 is 1.78 bits per heavy atom. The van der Waals surface area contributed by atoms with Gasteiger partial charge in [-0.15, -0.1) is 0 Å². The largest absolute Gasteiger partial charge is 0.384 e. The lowest BCUT2D eigenvalue weighted by Gasteiger charge is -2.48. The lowest BCUT2D eigenvalue weighted by atomic mass is 9.91. The highest BCUT2D eigenvalue weighted by Crippen LogP contribution is 2.41. The highest BCUT2D eigenvalue weighted by Gasteiger charge is 2.39. The number of halogens is 2. The summed E-state index contributed by atoms with van der Waals surface area (Å²) < 4.78 is 35.0. The monoisotopic (exact) mass is 927 g/mol. The molecular formula is C48H51F2N13O5. The van der Waals surface area contributed by atoms with Crippen molar-refractivity contribution in [1.82, 2.24) is 50.0 Å². The number of amides is 2. The molecule has 1 aliphatic carbocycles. The van der Waals surface area contributed by atoms with Crippen LogP contribution < -0.4 is 31.7 Å². The summed E-state index contributed by atoms with van der Waals surface area (Å²) in [6, 6.07) is 16.1. The van der Waals surface area contributed by atoms with Crippen LogP contribution in [0.25, 0.3) is 38.7 Å². The van der Waals surface area contributed by atoms with Crippen LogP contribution in [0.2, 0.25) is 0 Å². The fourth-order valence-electron chi connectivity index (χ4n) is 10.4. The standard InChI is InChI=1S/C48H51F2N13O5/c1-2-48(67)16-11-27-3-9-38(56-43(27)48)63-44-34(46(66)62(63)22-15-37(49)50)24-54-47(58-44)55-30-6-4-28(5-7-30)51-18-19-52-29-13-20-60(21-14-29)31-25-61(26-31)35-23-36-40(32-12-17-53-41(32)35)42(59-68-36)33-8-10-39(64)57-45(33)65/h3-7,9,12,15,17,23-24,29,31,33,51-52,59,67H,2,8,10-11,13-14,16,18-22,25-26H2,1H3,(H,54,55,58)(H,57,64,65)/t33?,48-/m1/s1. The van der Waals surface area contributed by atoms with E-state index in [1.54, 1.807) is 12.3 Å². The zero-order valence-electron chi connectivity index (χ0n) is 37.4. The fraction of sp³-hybridized carbons (Fsp3) is 0.396. The van der Waals surface area contributed by atoms with E-state index in [1.165, 1.54) is 10.9 Å². The zero-order chi connectivity index (χ0) is 46.7. The molecule has 0 spiro atoms. The van der Waals surface area contributed by atoms with Crippen LogP contribution in [0.3, 0.4) is 0 Å². The SMILES string of the molecule is CC[C@@]1(O)CCc2ccc(-n3c4nc(Nc5ccc(NCCNC6CCN(C7CN(c8cc9o[nH]c(C%10CCC(=O)NC%10=O)c9c9ccnc89)C7)CC6)cc5)ncc4c(=O)n3CC=C(F)F)nc21. The normalized spacial score (nSPS) is 20.3. The summed E-state index contributed by atoms with van der Waals surface area (Å²) in [6.45, 7) is 6.86. The van der Waals surface area contributed by atoms with E-state index < -0.39 is 29.7 Å². The van der Waals surface area contributed by atoms with Crippen molar-refractivity contribution in [2.75, 3.05) is 54.8 Å². The van der Waals surface area contributed by atoms with Gasteiger partial charge in [-0.2, -0.15) is 13.8 Å². The minimum atomic E-state index is -1.92. The molecule has 4 aliphatic rings. The van der Waals surface area contributed by atoms with Gasteiger partial charge >= 0.3 is 0 Å². The molecule has 20 heteroatoms. The molecule has 68 heavy (non-hydrogen) atoms. The van der Waals surface area contributed by atoms with Crippen molar-refractivity contribution in [1.29, 1.82) is 0 Å². The summed E-state index contributed by atoms with van der Waals surface area (Å²) in [5, 5.41) is 29.0. The van der Waals surface area contributed by atoms with Crippen LogP contribution in [0.4, 0.5) is 31.8 Å². The Kier molecular flexibility index (Phi) is 11.2. The first kappa shape index (κ1) is 43.5. The number of carbonyl (C=O) groups is 2. The Morgan fingerprint density at radius 1 is 0.971 bits per heavy atom. The Labute approximate surface area is 387 Å². The van der Waals surface area contributed by atoms with Crippen molar-refractivity contribution >= 4 is 67.7 Å². The van der Waals surface area contributed by atoms with Crippen LogP contribution in [-0.4, -0.2) is 108 Å². The molecule has 6 N–H and O–H groups in total. The van der Waals surface area contributed by atoms with Crippen LogP contribution in [0.5, 0.6) is 0 Å². The predicted molar refractivity (Wildman–Crippen MR) is 252 cm³/mol. The smallest absolute Gasteiger partial charge is 0.278 e. The Hall–Kier alpha value is -7.03. The van der Waals surface area contributed by atoms with Gasteiger partial charge in [0.1, 0.15) is 11.0 Å². The molecule has 0 saturated carbocycles. The number of likely N-dealkylation sites (tertiary alicyclic amines) is 1. The molecule has 2 amide bonds. The summed E-state index contributed by atoms with van der Waals surface area (Å²) in [6.07, 6.45) is 6.42. The van der Waals surface area contributed by atoms with Gasteiger partial charge in [0.25, 0.3) is 11.6 Å². The van der Waals surface area contributed by atoms with Gasteiger partial charge in [-0.3, -0.25) is 29.6 Å². The van der Waals surface area contributed by atoms with Crippen molar-refractivity contribution in [3.05, 3.63) is 100 Å². The van der Waals surface area contributed by atoms with Crippen molar-refractivity contribution in [2.24, 2.45) is 0 Å². The topological polar surface area (TPSA) is 216 Å². The number of aryl methyl sites for hydroxylation is 1. The minimum Gasteiger partial charge on any atom is -0.384 e. The third kappa shape index (κ3) is 7.94. The second-order valence-corrected chi connectivity index (χ2v) is 18.2. The molecule has 0 bridgehead atoms. The number of rotatable bonds is 14. The number of aromatic amines is 1. The Morgan fingerprint density at radius 3 is 2.56 bits per heavy atom. The number of anilines is 4. The number of fused-ring (bicyclic) bond motifs is 5. The molecule has 3 fully saturated rings. The number of aliphatic hydroxyl groups is 1. The number of pyridine rings is 1. The van der Waals surface area contributed by atoms with Crippen molar-refractivity contribution in [3.63, 3.8) is 0 Å². The highest BCUT2D eigenvalue weighted by atomic mass is 19.3. The molecule has 11 rings (SSSR count). The summed E-state index contributed by atoms with van der Waals surface area (Å²) in [5.74, 6) is -0.553. The maximum absolute atomic E-state index is 13.5. The van der Waals surface area contributed by atoms with Crippen molar-refractivity contribution in [2.45, 2.75) is 82.0 Å². The first-order valence-corrected chi connectivity index (χ1v) is 23.3. The lowest BCUT2D eigenvalue weighted by molar-refractivity contribution is -0.134. The number of benzene rings is 2. The van der Waals surface area contributed by atoms with E-state index in [0.29, 0.717) is 72.9 Å². The number of hydrogen-bond donors (Lipinski definition) is 6. The number of H-pyrrole nitrogens is 1. The third-order valence-electron chi connectivity index (χ3n) is 14.2. The Bertz CT molecular complexity index is 3160. The molecule has 7 aromatic rings. The van der Waals surface area contributed by atoms with Gasteiger partial charge in [0.2, 0.25) is 17.8 Å². The number of nitrogens with one attached hydrogen (secondary N) is 5. The minimum absolute atomic E-state index is 0.142. The molecule has 3 saturated heterocycles. The molecule has 352 valence electrons. The number of carbonyl (C=O) groups excluding carboxylic acids is 2. The molecule has 2 atom stereocenters. The molecule has 2 aromatic carbocycles. The Balaban J connectivity index is 0.667. The van der Waals surface area contributed by atoms with Gasteiger partial charge in [-0.05, 0) is 80.5 Å². The van der Waals surface area contributed by atoms with E-state index in [-0.39, 0.29) is 34.6 Å². The quantitative estimate of drug-likeness (QED) is 0.0584. The number of aromatic nitrogens is 7. The number of nitrogens with zero attached hydrogens (tertiary/aromatic N) is 8. The molecule has 5 aromatic heterocycles. The fourth-order valence-corrected chi connectivity index (χ4v) is 10.4. The number of piperidine rings is 2. The van der Waals surface area contributed by atoms with Gasteiger partial charge in [0.05, 0.1) is 40.4 Å². The van der Waals surface area contributed by atoms with Crippen LogP contribution in [-0.2, 0) is 28.2 Å². The van der Waals surface area contributed by atoms with E-state index in [0.717, 1.165) is 90.0 Å². The molecule has 18 nitrogen and oxygen atoms in total. The molecule has 0 radical (unpaired) electrons. The second kappa shape index (κ2) is 17.6. The second-order valence-electron chi connectivity index (χ2n) is 18.2. The lowest BCUT2D eigenvalue weighted by Crippen LogP contribution is -2.61. The van der Waals surface area contributed by atoms with Crippen LogP contribution in [0, 0.1) is 0 Å². The van der Waals surface area contributed by atoms with Gasteiger partial charge < -0.3 is 30.5 Å². The maximum atomic E-state index is 13.5. The average Bonchev–Trinajstić information content (AvgIpc) is 4.12. The first-order chi connectivity index (χ1) is 33.0. The van der Waals surface area contributed by atoms with Crippen molar-refractivity contribution < 1.29 is 28.0 Å². The van der Waals surface area contributed by atoms with Gasteiger partial charge in [-0.1, -0.05) is 13.0 Å². The van der Waals surface area contributed by atoms with E-state index in [4.69, 9.17) is 14.5 Å². The van der Waals surface area contributed by atoms with E-state index >= 15 is 0 Å². The number of allylic oxidation sites excluding steroid dienone is 1. The van der Waals surface area contributed by atoms with Crippen LogP contribution >= 0.6 is 0 Å². The molecule has 8 heterocycles.